The van der Waals surface area contributed by atoms with E-state index in [4.69, 9.17) is 18.3 Å². The van der Waals surface area contributed by atoms with Gasteiger partial charge < -0.3 is 38.7 Å². The van der Waals surface area contributed by atoms with E-state index in [1.165, 1.54) is 13.1 Å². The highest BCUT2D eigenvalue weighted by Crippen LogP contribution is 2.79. The Bertz CT molecular complexity index is 4570. The molecule has 9 aliphatic carbocycles. The number of Topliss-reactive ketones (excluding diaryl/α,β-unsaturated/α-hetero) is 2. The summed E-state index contributed by atoms with van der Waals surface area (Å²) in [4.78, 5) is 87.3. The van der Waals surface area contributed by atoms with Gasteiger partial charge in [-0.2, -0.15) is 10.5 Å². The third-order valence-electron chi connectivity index (χ3n) is 32.7. The predicted molar refractivity (Wildman–Crippen MR) is 412 cm³/mol. The van der Waals surface area contributed by atoms with Crippen molar-refractivity contribution in [2.75, 3.05) is 0 Å². The molecule has 0 spiro atoms. The van der Waals surface area contributed by atoms with E-state index in [0.717, 1.165) is 99.3 Å². The number of rotatable bonds is 21. The molecule has 21 heteroatoms. The number of carboxylic acids is 2. The number of aromatic nitrogens is 5. The zero-order valence-electron chi connectivity index (χ0n) is 68.9. The lowest BCUT2D eigenvalue weighted by molar-refractivity contribution is -0.235. The fourth-order valence-electron chi connectivity index (χ4n) is 26.3. The lowest BCUT2D eigenvalue weighted by atomic mass is 9.33. The predicted octanol–water partition coefficient (Wildman–Crippen LogP) is 17.8. The normalized spacial score (nSPS) is 35.3. The number of nitriles is 2. The molecule has 9 aliphatic rings. The van der Waals surface area contributed by atoms with Gasteiger partial charge in [-0.15, -0.1) is 20.4 Å². The highest BCUT2D eigenvalue weighted by Gasteiger charge is 2.73. The van der Waals surface area contributed by atoms with Gasteiger partial charge in [0, 0.05) is 46.3 Å². The van der Waals surface area contributed by atoms with Crippen molar-refractivity contribution < 1.29 is 67.5 Å². The number of aliphatic carboxylic acids is 2. The number of ether oxygens (including phenoxy) is 2. The van der Waals surface area contributed by atoms with Gasteiger partial charge in [-0.25, -0.2) is 4.98 Å². The van der Waals surface area contributed by atoms with Crippen LogP contribution in [0, 0.1) is 129 Å². The molecule has 0 amide bonds. The Hall–Kier alpha value is -7.75. The summed E-state index contributed by atoms with van der Waals surface area (Å²) in [5.74, 6) is -2.52. The lowest BCUT2D eigenvalue weighted by Gasteiger charge is -2.72. The standard InChI is InChI=1S/C90H119N7O14/c1-19-20-62-84(14)31-29-65(80(8,9)60(84)27-33-87(62,17)83(13)35-37-89(42-58(98)68(49(2)3)56(89)41-83)71(102)75-97-95-74(111-75)57-25-21-51(46-91)48-93-57)109-67(101)45-82(12,78(106)107)40-54-39-52(22-23-53(54)47-92)73-94-96-76(110-73)72(103)90-38-36-86(16)55(70(90)69(50(4)5)59(99)43-90)24-26-63-85(15)32-30-64(108-66(100)44-79(6,7)77(104)105)81(10,11)61(85)28-34-88(63,86)18/h21-23,25,39,48-50,55,60-65,71-72,102-103H,19-20,24,26-38,40-45H2,1-18H3,(H,104,105)(H,106,107)/t55-,60+,61+,62-,63?,64+,65+,71+,72?,82?,83-,84+,85+,86-,87-,88-,89-,90-/m1/s1. The van der Waals surface area contributed by atoms with Crippen LogP contribution in [-0.4, -0.2) is 93.5 Å². The number of carboxylic acid groups (broad SMARTS) is 2. The topological polar surface area (TPSA) is 340 Å². The second-order valence-corrected chi connectivity index (χ2v) is 40.2. The van der Waals surface area contributed by atoms with Crippen molar-refractivity contribution in [3.63, 3.8) is 0 Å². The number of carbonyl (C=O) groups excluding carboxylic acids is 4. The Morgan fingerprint density at radius 2 is 1.17 bits per heavy atom. The van der Waals surface area contributed by atoms with Crippen molar-refractivity contribution in [2.45, 2.75) is 290 Å². The number of aliphatic hydroxyl groups excluding tert-OH is 2. The number of nitrogens with zero attached hydrogens (tertiary/aromatic N) is 7. The van der Waals surface area contributed by atoms with Gasteiger partial charge in [0.1, 0.15) is 36.2 Å². The minimum absolute atomic E-state index is 0.0225. The van der Waals surface area contributed by atoms with Gasteiger partial charge in [0.05, 0.1) is 40.9 Å². The first-order chi connectivity index (χ1) is 51.9. The van der Waals surface area contributed by atoms with Gasteiger partial charge in [-0.05, 0) is 256 Å². The van der Waals surface area contributed by atoms with Gasteiger partial charge >= 0.3 is 23.9 Å². The summed E-state index contributed by atoms with van der Waals surface area (Å²) in [5, 5.41) is 84.2. The molecular formula is C90H119N7O14. The van der Waals surface area contributed by atoms with Crippen molar-refractivity contribution in [1.82, 2.24) is 25.4 Å². The number of carbonyl (C=O) groups is 6. The molecule has 3 aromatic heterocycles. The van der Waals surface area contributed by atoms with E-state index in [1.807, 2.05) is 0 Å². The average molecular weight is 1520 g/mol. The number of benzene rings is 1. The number of hydrogen-bond donors (Lipinski definition) is 4. The summed E-state index contributed by atoms with van der Waals surface area (Å²) in [5.41, 5.74) is -1.78. The zero-order valence-corrected chi connectivity index (χ0v) is 68.9. The van der Waals surface area contributed by atoms with E-state index in [0.29, 0.717) is 60.4 Å². The molecule has 3 heterocycles. The maximum Gasteiger partial charge on any atom is 0.310 e. The van der Waals surface area contributed by atoms with E-state index in [2.05, 4.69) is 141 Å². The Morgan fingerprint density at radius 1 is 0.604 bits per heavy atom. The summed E-state index contributed by atoms with van der Waals surface area (Å²) in [6.07, 6.45) is 10.6. The smallest absolute Gasteiger partial charge is 0.310 e. The van der Waals surface area contributed by atoms with Gasteiger partial charge in [0.25, 0.3) is 5.89 Å². The van der Waals surface area contributed by atoms with Crippen LogP contribution in [0.5, 0.6) is 0 Å². The highest BCUT2D eigenvalue weighted by atomic mass is 16.5. The fraction of sp³-hybridized carbons (Fsp3) is 0.700. The summed E-state index contributed by atoms with van der Waals surface area (Å²) in [7, 11) is 0. The van der Waals surface area contributed by atoms with E-state index in [9.17, 15) is 59.7 Å². The van der Waals surface area contributed by atoms with Crippen LogP contribution < -0.4 is 0 Å². The summed E-state index contributed by atoms with van der Waals surface area (Å²) >= 11 is 0. The largest absolute Gasteiger partial charge is 0.481 e. The molecule has 111 heavy (non-hydrogen) atoms. The maximum absolute atomic E-state index is 14.8. The van der Waals surface area contributed by atoms with Crippen molar-refractivity contribution in [2.24, 2.45) is 106 Å². The number of pyridine rings is 1. The number of aliphatic hydroxyl groups is 2. The summed E-state index contributed by atoms with van der Waals surface area (Å²) in [6.45, 7) is 38.6. The van der Waals surface area contributed by atoms with Crippen molar-refractivity contribution in [1.29, 1.82) is 10.5 Å². The van der Waals surface area contributed by atoms with Crippen LogP contribution in [0.3, 0.4) is 0 Å². The molecule has 598 valence electrons. The van der Waals surface area contributed by atoms with Crippen LogP contribution in [0.25, 0.3) is 23.0 Å². The fourth-order valence-corrected chi connectivity index (χ4v) is 26.3. The van der Waals surface area contributed by atoms with Crippen LogP contribution in [0.1, 0.15) is 300 Å². The van der Waals surface area contributed by atoms with E-state index in [1.54, 1.807) is 44.2 Å². The molecular weight excluding hydrogens is 1400 g/mol. The average Bonchev–Trinajstić information content (AvgIpc) is 1.67. The minimum Gasteiger partial charge on any atom is -0.481 e. The monoisotopic (exact) mass is 1520 g/mol. The van der Waals surface area contributed by atoms with E-state index >= 15 is 0 Å². The first kappa shape index (κ1) is 81.3. The first-order valence-corrected chi connectivity index (χ1v) is 41.2. The number of ketones is 2. The van der Waals surface area contributed by atoms with E-state index in [-0.39, 0.29) is 146 Å². The van der Waals surface area contributed by atoms with Gasteiger partial charge in [0.2, 0.25) is 17.7 Å². The SMILES string of the molecule is CCC[C@@H]1[C@@]2(C)CC[C@H](OC(=O)CC(C)(Cc3cc(-c4nnc(C(O)[C@@]56CC[C@]7(C)[C@H](CCC8[C@@]9(C)CC[C@H](OC(=O)CC(C)(C)C(=O)O)C(C)(C)[C@@H]9CC[C@]87C)C5=C(C(C)C)C(=O)C6)o4)ccc3C#N)C(=O)O)C(C)(C)[C@@H]2CC[C@@]1(C)[C@]1(C)CC[C@@]2([C@@H](O)c3nnc(-c4ccc(C#N)cn4)o3)CC(=O)C(C(C)C)=C2C1. The van der Waals surface area contributed by atoms with Crippen LogP contribution in [-0.2, 0) is 44.7 Å². The third-order valence-corrected chi connectivity index (χ3v) is 32.7. The van der Waals surface area contributed by atoms with E-state index < -0.39 is 75.7 Å². The molecule has 0 saturated heterocycles. The highest BCUT2D eigenvalue weighted by molar-refractivity contribution is 6.01. The molecule has 7 saturated carbocycles. The molecule has 4 N–H and O–H groups in total. The lowest BCUT2D eigenvalue weighted by Crippen LogP contribution is -2.66. The second-order valence-electron chi connectivity index (χ2n) is 40.2. The molecule has 4 aromatic rings. The molecule has 0 aliphatic heterocycles. The molecule has 3 unspecified atom stereocenters. The third kappa shape index (κ3) is 12.6. The van der Waals surface area contributed by atoms with Crippen LogP contribution in [0.15, 0.2) is 67.7 Å². The molecule has 1 aromatic carbocycles. The minimum atomic E-state index is -1.73. The summed E-state index contributed by atoms with van der Waals surface area (Å²) < 4.78 is 25.5. The summed E-state index contributed by atoms with van der Waals surface area (Å²) in [6, 6.07) is 12.4. The Morgan fingerprint density at radius 3 is 1.76 bits per heavy atom. The van der Waals surface area contributed by atoms with Crippen molar-refractivity contribution in [3.05, 3.63) is 87.3 Å². The number of fused-ring (bicyclic) bond motifs is 9. The zero-order chi connectivity index (χ0) is 80.9. The van der Waals surface area contributed by atoms with Gasteiger partial charge in [-0.1, -0.05) is 116 Å². The second kappa shape index (κ2) is 28.1. The molecule has 0 radical (unpaired) electrons. The first-order valence-electron chi connectivity index (χ1n) is 41.2. The quantitative estimate of drug-likeness (QED) is 0.0563. The van der Waals surface area contributed by atoms with Gasteiger partial charge in [-0.3, -0.25) is 28.8 Å². The molecule has 0 bridgehead atoms. The molecule has 13 rings (SSSR count). The Balaban J connectivity index is 0.697. The van der Waals surface area contributed by atoms with Crippen molar-refractivity contribution in [3.8, 4) is 35.2 Å². The number of esters is 2. The maximum atomic E-state index is 14.8. The Labute approximate surface area is 654 Å². The van der Waals surface area contributed by atoms with Crippen LogP contribution in [0.4, 0.5) is 0 Å². The molecule has 18 atom stereocenters. The Kier molecular flexibility index (Phi) is 20.6. The molecule has 21 nitrogen and oxygen atoms in total. The van der Waals surface area contributed by atoms with Crippen molar-refractivity contribution >= 4 is 35.4 Å². The number of allylic oxidation sites excluding steroid dienone is 2. The number of hydrogen-bond acceptors (Lipinski definition) is 19. The van der Waals surface area contributed by atoms with Crippen LogP contribution in [0.2, 0.25) is 0 Å². The van der Waals surface area contributed by atoms with Crippen LogP contribution >= 0.6 is 0 Å². The van der Waals surface area contributed by atoms with Gasteiger partial charge in [0.15, 0.2) is 11.6 Å². The molecule has 7 fully saturated rings.